The van der Waals surface area contributed by atoms with Gasteiger partial charge in [0.15, 0.2) is 6.10 Å². The number of hydrogen-bond donors (Lipinski definition) is 0. The van der Waals surface area contributed by atoms with Gasteiger partial charge in [-0.1, -0.05) is 38.8 Å². The van der Waals surface area contributed by atoms with Crippen molar-refractivity contribution in [3.63, 3.8) is 0 Å². The molecule has 1 aliphatic rings. The molecule has 1 heterocycles. The molecule has 0 bridgehead atoms. The van der Waals surface area contributed by atoms with Crippen molar-refractivity contribution in [2.24, 2.45) is 10.6 Å². The second-order valence-electron chi connectivity index (χ2n) is 5.62. The first-order chi connectivity index (χ1) is 8.25. The molecule has 0 N–H and O–H groups in total. The smallest absolute Gasteiger partial charge is 0.354 e. The third kappa shape index (κ3) is 2.84. The summed E-state index contributed by atoms with van der Waals surface area (Å²) < 4.78 is 5.17. The Kier molecular flexibility index (Phi) is 4.05. The van der Waals surface area contributed by atoms with Crippen molar-refractivity contribution in [3.05, 3.63) is 0 Å². The second kappa shape index (κ2) is 5.01. The molecule has 1 aliphatic heterocycles. The van der Waals surface area contributed by atoms with E-state index in [-0.39, 0.29) is 5.41 Å². The van der Waals surface area contributed by atoms with Crippen LogP contribution in [0.2, 0.25) is 0 Å². The monoisotopic (exact) mass is 251 g/mol. The number of rotatable bonds is 3. The van der Waals surface area contributed by atoms with Gasteiger partial charge in [0.25, 0.3) is 0 Å². The molecule has 2 unspecified atom stereocenters. The number of carbonyl (C=O) groups is 1. The molecule has 0 saturated carbocycles. The first-order valence-corrected chi connectivity index (χ1v) is 6.18. The fraction of sp³-hybridized carbons (Fsp3) is 0.714. The molecule has 4 nitrogen and oxygen atoms in total. The topological polar surface area (TPSA) is 47.9 Å². The highest BCUT2D eigenvalue weighted by molar-refractivity contribution is 5.96. The molecule has 0 amide bonds. The SMILES string of the molecule is C#CC(C)OC(=O)C1(CC)CC(C(C)(C)C)=NO1. The van der Waals surface area contributed by atoms with Gasteiger partial charge in [-0.25, -0.2) is 4.79 Å². The van der Waals surface area contributed by atoms with Crippen LogP contribution in [0, 0.1) is 17.8 Å². The van der Waals surface area contributed by atoms with E-state index in [1.165, 1.54) is 0 Å². The lowest BCUT2D eigenvalue weighted by Gasteiger charge is -2.25. The minimum absolute atomic E-state index is 0.116. The standard InChI is InChI=1S/C14H21NO3/c1-7-10(3)17-12(16)14(8-2)9-11(15-18-14)13(4,5)6/h1,10H,8-9H2,2-6H3. The minimum Gasteiger partial charge on any atom is -0.446 e. The summed E-state index contributed by atoms with van der Waals surface area (Å²) in [5.74, 6) is 1.93. The number of esters is 1. The predicted molar refractivity (Wildman–Crippen MR) is 70.0 cm³/mol. The Morgan fingerprint density at radius 2 is 2.28 bits per heavy atom. The first-order valence-electron chi connectivity index (χ1n) is 6.18. The summed E-state index contributed by atoms with van der Waals surface area (Å²) in [4.78, 5) is 17.5. The fourth-order valence-corrected chi connectivity index (χ4v) is 1.62. The van der Waals surface area contributed by atoms with E-state index in [0.717, 1.165) is 5.71 Å². The minimum atomic E-state index is -1.01. The van der Waals surface area contributed by atoms with Gasteiger partial charge in [-0.15, -0.1) is 6.42 Å². The van der Waals surface area contributed by atoms with E-state index in [1.54, 1.807) is 6.92 Å². The number of carbonyl (C=O) groups excluding carboxylic acids is 1. The Hall–Kier alpha value is -1.50. The van der Waals surface area contributed by atoms with Crippen molar-refractivity contribution >= 4 is 11.7 Å². The van der Waals surface area contributed by atoms with Crippen LogP contribution in [0.25, 0.3) is 0 Å². The van der Waals surface area contributed by atoms with Gasteiger partial charge in [0.2, 0.25) is 5.60 Å². The van der Waals surface area contributed by atoms with E-state index >= 15 is 0 Å². The first kappa shape index (κ1) is 14.6. The quantitative estimate of drug-likeness (QED) is 0.572. The molecule has 0 aromatic heterocycles. The number of nitrogens with zero attached hydrogens (tertiary/aromatic N) is 1. The van der Waals surface area contributed by atoms with Crippen molar-refractivity contribution in [3.8, 4) is 12.3 Å². The van der Waals surface area contributed by atoms with E-state index in [1.807, 2.05) is 27.7 Å². The molecule has 0 saturated heterocycles. The van der Waals surface area contributed by atoms with E-state index in [0.29, 0.717) is 12.8 Å². The van der Waals surface area contributed by atoms with Crippen molar-refractivity contribution in [2.75, 3.05) is 0 Å². The summed E-state index contributed by atoms with van der Waals surface area (Å²) in [5.41, 5.74) is -0.252. The highest BCUT2D eigenvalue weighted by atomic mass is 16.7. The van der Waals surface area contributed by atoms with Gasteiger partial charge in [-0.05, 0) is 13.3 Å². The molecule has 4 heteroatoms. The molecule has 100 valence electrons. The lowest BCUT2D eigenvalue weighted by Crippen LogP contribution is -2.42. The Labute approximate surface area is 109 Å². The van der Waals surface area contributed by atoms with Gasteiger partial charge in [0, 0.05) is 11.8 Å². The van der Waals surface area contributed by atoms with E-state index < -0.39 is 17.7 Å². The predicted octanol–water partition coefficient (Wildman–Crippen LogP) is 2.52. The van der Waals surface area contributed by atoms with Crippen LogP contribution in [0.4, 0.5) is 0 Å². The zero-order valence-corrected chi connectivity index (χ0v) is 11.7. The molecule has 0 aliphatic carbocycles. The molecule has 0 aromatic rings. The average Bonchev–Trinajstić information content (AvgIpc) is 2.74. The van der Waals surface area contributed by atoms with Gasteiger partial charge < -0.3 is 9.57 Å². The third-order valence-electron chi connectivity index (χ3n) is 3.11. The summed E-state index contributed by atoms with van der Waals surface area (Å²) in [6.45, 7) is 9.65. The molecular formula is C14H21NO3. The van der Waals surface area contributed by atoms with E-state index in [4.69, 9.17) is 16.0 Å². The van der Waals surface area contributed by atoms with Gasteiger partial charge >= 0.3 is 5.97 Å². The van der Waals surface area contributed by atoms with Crippen molar-refractivity contribution < 1.29 is 14.4 Å². The lowest BCUT2D eigenvalue weighted by atomic mass is 9.82. The number of oxime groups is 1. The molecule has 0 spiro atoms. The van der Waals surface area contributed by atoms with E-state index in [9.17, 15) is 4.79 Å². The van der Waals surface area contributed by atoms with Crippen molar-refractivity contribution in [2.45, 2.75) is 59.2 Å². The van der Waals surface area contributed by atoms with Gasteiger partial charge in [-0.3, -0.25) is 0 Å². The maximum absolute atomic E-state index is 12.1. The number of hydrogen-bond acceptors (Lipinski definition) is 4. The molecule has 0 fully saturated rings. The van der Waals surface area contributed by atoms with E-state index in [2.05, 4.69) is 11.1 Å². The molecule has 0 radical (unpaired) electrons. The Bertz CT molecular complexity index is 400. The summed E-state index contributed by atoms with van der Waals surface area (Å²) in [6.07, 6.45) is 5.62. The number of ether oxygens (including phenoxy) is 1. The summed E-state index contributed by atoms with van der Waals surface area (Å²) in [6, 6.07) is 0. The average molecular weight is 251 g/mol. The zero-order valence-electron chi connectivity index (χ0n) is 11.7. The normalized spacial score (nSPS) is 24.8. The molecular weight excluding hydrogens is 230 g/mol. The largest absolute Gasteiger partial charge is 0.446 e. The third-order valence-corrected chi connectivity index (χ3v) is 3.11. The zero-order chi connectivity index (χ0) is 14.0. The summed E-state index contributed by atoms with van der Waals surface area (Å²) >= 11 is 0. The van der Waals surface area contributed by atoms with Crippen LogP contribution >= 0.6 is 0 Å². The van der Waals surface area contributed by atoms with Gasteiger partial charge in [-0.2, -0.15) is 0 Å². The van der Waals surface area contributed by atoms with Crippen LogP contribution in [0.3, 0.4) is 0 Å². The second-order valence-corrected chi connectivity index (χ2v) is 5.62. The summed E-state index contributed by atoms with van der Waals surface area (Å²) in [5, 5.41) is 4.05. The molecule has 0 aromatic carbocycles. The molecule has 2 atom stereocenters. The Balaban J connectivity index is 2.81. The maximum atomic E-state index is 12.1. The van der Waals surface area contributed by atoms with Crippen LogP contribution in [0.5, 0.6) is 0 Å². The molecule has 18 heavy (non-hydrogen) atoms. The highest BCUT2D eigenvalue weighted by Crippen LogP contribution is 2.35. The van der Waals surface area contributed by atoms with Gasteiger partial charge in [0.1, 0.15) is 0 Å². The van der Waals surface area contributed by atoms with Gasteiger partial charge in [0.05, 0.1) is 5.71 Å². The highest BCUT2D eigenvalue weighted by Gasteiger charge is 2.49. The van der Waals surface area contributed by atoms with Crippen LogP contribution in [0.15, 0.2) is 5.16 Å². The van der Waals surface area contributed by atoms with Crippen molar-refractivity contribution in [1.82, 2.24) is 0 Å². The van der Waals surface area contributed by atoms with Crippen LogP contribution in [-0.4, -0.2) is 23.4 Å². The van der Waals surface area contributed by atoms with Crippen LogP contribution < -0.4 is 0 Å². The maximum Gasteiger partial charge on any atom is 0.354 e. The van der Waals surface area contributed by atoms with Crippen LogP contribution in [-0.2, 0) is 14.4 Å². The fourth-order valence-electron chi connectivity index (χ4n) is 1.62. The Morgan fingerprint density at radius 3 is 2.67 bits per heavy atom. The van der Waals surface area contributed by atoms with Crippen LogP contribution in [0.1, 0.15) is 47.5 Å². The van der Waals surface area contributed by atoms with Crippen molar-refractivity contribution in [1.29, 1.82) is 0 Å². The Morgan fingerprint density at radius 1 is 1.67 bits per heavy atom. The molecule has 1 rings (SSSR count). The number of terminal acetylenes is 1. The summed E-state index contributed by atoms with van der Waals surface area (Å²) in [7, 11) is 0. The lowest BCUT2D eigenvalue weighted by molar-refractivity contribution is -0.172.